The van der Waals surface area contributed by atoms with E-state index in [9.17, 15) is 13.2 Å². The molecule has 0 N–H and O–H groups in total. The fourth-order valence-electron chi connectivity index (χ4n) is 2.73. The van der Waals surface area contributed by atoms with Crippen LogP contribution in [-0.2, 0) is 19.6 Å². The molecule has 2 heterocycles. The number of sulfonamides is 1. The van der Waals surface area contributed by atoms with Gasteiger partial charge in [0.25, 0.3) is 0 Å². The smallest absolute Gasteiger partial charge is 0.246 e. The summed E-state index contributed by atoms with van der Waals surface area (Å²) >= 11 is 0. The summed E-state index contributed by atoms with van der Waals surface area (Å²) in [5.74, 6) is 0.234. The summed E-state index contributed by atoms with van der Waals surface area (Å²) < 4.78 is 37.7. The van der Waals surface area contributed by atoms with Crippen LogP contribution in [0.5, 0.6) is 5.75 Å². The second kappa shape index (κ2) is 7.55. The predicted octanol–water partition coefficient (Wildman–Crippen LogP) is 0.962. The molecule has 1 amide bonds. The van der Waals surface area contributed by atoms with E-state index in [2.05, 4.69) is 0 Å². The Kier molecular flexibility index (Phi) is 5.41. The molecule has 3 rings (SSSR count). The van der Waals surface area contributed by atoms with E-state index in [0.29, 0.717) is 31.9 Å². The summed E-state index contributed by atoms with van der Waals surface area (Å²) in [5, 5.41) is 0. The van der Waals surface area contributed by atoms with Crippen molar-refractivity contribution in [3.8, 4) is 5.75 Å². The molecular formula is C17H22N2O5S. The topological polar surface area (TPSA) is 76.2 Å². The maximum absolute atomic E-state index is 12.9. The number of methoxy groups -OCH3 is 1. The second-order valence-electron chi connectivity index (χ2n) is 5.94. The minimum absolute atomic E-state index is 0.0559. The lowest BCUT2D eigenvalue weighted by atomic mass is 10.1. The summed E-state index contributed by atoms with van der Waals surface area (Å²) in [7, 11) is -2.24. The minimum Gasteiger partial charge on any atom is -0.495 e. The van der Waals surface area contributed by atoms with Crippen LogP contribution in [0.25, 0.3) is 6.08 Å². The Morgan fingerprint density at radius 1 is 1.20 bits per heavy atom. The van der Waals surface area contributed by atoms with Crippen LogP contribution < -0.4 is 4.74 Å². The molecule has 0 unspecified atom stereocenters. The van der Waals surface area contributed by atoms with Crippen LogP contribution in [0, 0.1) is 0 Å². The zero-order valence-corrected chi connectivity index (χ0v) is 15.0. The zero-order valence-electron chi connectivity index (χ0n) is 14.2. The minimum atomic E-state index is -3.68. The summed E-state index contributed by atoms with van der Waals surface area (Å²) in [6.07, 6.45) is 4.15. The number of carbonyl (C=O) groups is 1. The molecule has 0 saturated carbocycles. The molecule has 0 aliphatic carbocycles. The van der Waals surface area contributed by atoms with Crippen molar-refractivity contribution in [1.82, 2.24) is 9.21 Å². The summed E-state index contributed by atoms with van der Waals surface area (Å²) in [6.45, 7) is 2.96. The third kappa shape index (κ3) is 3.86. The van der Waals surface area contributed by atoms with Gasteiger partial charge in [0.15, 0.2) is 0 Å². The lowest BCUT2D eigenvalue weighted by molar-refractivity contribution is -0.129. The van der Waals surface area contributed by atoms with Crippen molar-refractivity contribution in [1.29, 1.82) is 0 Å². The molecule has 0 radical (unpaired) electrons. The molecule has 1 aromatic carbocycles. The van der Waals surface area contributed by atoms with Crippen molar-refractivity contribution in [3.05, 3.63) is 29.8 Å². The molecule has 0 spiro atoms. The van der Waals surface area contributed by atoms with Crippen molar-refractivity contribution < 1.29 is 22.7 Å². The van der Waals surface area contributed by atoms with Crippen LogP contribution in [0.2, 0.25) is 0 Å². The summed E-state index contributed by atoms with van der Waals surface area (Å²) in [5.41, 5.74) is 0.640. The monoisotopic (exact) mass is 366 g/mol. The predicted molar refractivity (Wildman–Crippen MR) is 92.8 cm³/mol. The Balaban J connectivity index is 1.86. The number of hydrogen-bond donors (Lipinski definition) is 0. The Hall–Kier alpha value is -1.90. The number of likely N-dealkylation sites (tertiary alicyclic amines) is 1. The number of morpholine rings is 1. The Morgan fingerprint density at radius 3 is 2.52 bits per heavy atom. The molecule has 2 saturated heterocycles. The van der Waals surface area contributed by atoms with Crippen molar-refractivity contribution in [2.24, 2.45) is 0 Å². The van der Waals surface area contributed by atoms with E-state index >= 15 is 0 Å². The standard InChI is InChI=1S/C17H22N2O5S/c1-23-15-5-3-14(4-6-17(20)18-7-2-8-18)13-16(15)25(21,22)19-9-11-24-12-10-19/h3-6,13H,2,7-12H2,1H3. The summed E-state index contributed by atoms with van der Waals surface area (Å²) in [4.78, 5) is 13.8. The molecule has 2 fully saturated rings. The fraction of sp³-hybridized carbons (Fsp3) is 0.471. The lowest BCUT2D eigenvalue weighted by Crippen LogP contribution is -2.41. The molecule has 0 bridgehead atoms. The molecule has 0 atom stereocenters. The molecule has 1 aromatic rings. The van der Waals surface area contributed by atoms with Gasteiger partial charge < -0.3 is 14.4 Å². The zero-order chi connectivity index (χ0) is 17.9. The van der Waals surface area contributed by atoms with Gasteiger partial charge in [-0.1, -0.05) is 6.07 Å². The normalized spacial score (nSPS) is 19.0. The highest BCUT2D eigenvalue weighted by Gasteiger charge is 2.29. The SMILES string of the molecule is COc1ccc(C=CC(=O)N2CCC2)cc1S(=O)(=O)N1CCOCC1. The van der Waals surface area contributed by atoms with E-state index in [1.54, 1.807) is 29.2 Å². The molecule has 25 heavy (non-hydrogen) atoms. The first kappa shape index (κ1) is 17.9. The maximum Gasteiger partial charge on any atom is 0.246 e. The van der Waals surface area contributed by atoms with Gasteiger partial charge in [-0.25, -0.2) is 8.42 Å². The van der Waals surface area contributed by atoms with Gasteiger partial charge in [-0.15, -0.1) is 0 Å². The lowest BCUT2D eigenvalue weighted by Gasteiger charge is -2.29. The van der Waals surface area contributed by atoms with E-state index < -0.39 is 10.0 Å². The quantitative estimate of drug-likeness (QED) is 0.726. The van der Waals surface area contributed by atoms with Crippen molar-refractivity contribution in [3.63, 3.8) is 0 Å². The van der Waals surface area contributed by atoms with Gasteiger partial charge in [-0.3, -0.25) is 4.79 Å². The first-order valence-corrected chi connectivity index (χ1v) is 9.69. The van der Waals surface area contributed by atoms with Crippen LogP contribution >= 0.6 is 0 Å². The van der Waals surface area contributed by atoms with Crippen LogP contribution in [0.15, 0.2) is 29.2 Å². The molecule has 2 aliphatic heterocycles. The Bertz CT molecular complexity index is 765. The van der Waals surface area contributed by atoms with E-state index in [1.165, 1.54) is 17.5 Å². The highest BCUT2D eigenvalue weighted by Crippen LogP contribution is 2.29. The highest BCUT2D eigenvalue weighted by atomic mass is 32.2. The largest absolute Gasteiger partial charge is 0.495 e. The molecule has 8 heteroatoms. The number of benzene rings is 1. The Labute approximate surface area is 147 Å². The van der Waals surface area contributed by atoms with Crippen LogP contribution in [-0.4, -0.2) is 70.0 Å². The van der Waals surface area contributed by atoms with Crippen molar-refractivity contribution in [2.75, 3.05) is 46.5 Å². The third-order valence-corrected chi connectivity index (χ3v) is 6.28. The van der Waals surface area contributed by atoms with E-state index in [-0.39, 0.29) is 16.6 Å². The Morgan fingerprint density at radius 2 is 1.92 bits per heavy atom. The van der Waals surface area contributed by atoms with Crippen LogP contribution in [0.3, 0.4) is 0 Å². The van der Waals surface area contributed by atoms with E-state index in [4.69, 9.17) is 9.47 Å². The van der Waals surface area contributed by atoms with Gasteiger partial charge in [-0.05, 0) is 30.2 Å². The molecule has 0 aromatic heterocycles. The number of amides is 1. The van der Waals surface area contributed by atoms with Crippen molar-refractivity contribution >= 4 is 22.0 Å². The number of hydrogen-bond acceptors (Lipinski definition) is 5. The molecule has 7 nitrogen and oxygen atoms in total. The van der Waals surface area contributed by atoms with E-state index in [0.717, 1.165) is 19.5 Å². The third-order valence-electron chi connectivity index (χ3n) is 4.36. The fourth-order valence-corrected chi connectivity index (χ4v) is 4.33. The van der Waals surface area contributed by atoms with Gasteiger partial charge in [-0.2, -0.15) is 4.31 Å². The van der Waals surface area contributed by atoms with Gasteiger partial charge in [0.05, 0.1) is 20.3 Å². The average molecular weight is 366 g/mol. The van der Waals surface area contributed by atoms with Crippen molar-refractivity contribution in [2.45, 2.75) is 11.3 Å². The number of ether oxygens (including phenoxy) is 2. The first-order valence-electron chi connectivity index (χ1n) is 8.25. The first-order chi connectivity index (χ1) is 12.0. The highest BCUT2D eigenvalue weighted by molar-refractivity contribution is 7.89. The molecule has 136 valence electrons. The number of nitrogens with zero attached hydrogens (tertiary/aromatic N) is 2. The summed E-state index contributed by atoms with van der Waals surface area (Å²) in [6, 6.07) is 4.89. The van der Waals surface area contributed by atoms with Gasteiger partial charge in [0.2, 0.25) is 15.9 Å². The van der Waals surface area contributed by atoms with Gasteiger partial charge in [0.1, 0.15) is 10.6 Å². The molecular weight excluding hydrogens is 344 g/mol. The number of rotatable bonds is 5. The number of carbonyl (C=O) groups excluding carboxylic acids is 1. The maximum atomic E-state index is 12.9. The van der Waals surface area contributed by atoms with E-state index in [1.807, 2.05) is 0 Å². The van der Waals surface area contributed by atoms with Crippen LogP contribution in [0.1, 0.15) is 12.0 Å². The molecule has 2 aliphatic rings. The second-order valence-corrected chi connectivity index (χ2v) is 7.85. The average Bonchev–Trinajstić information content (AvgIpc) is 2.59. The van der Waals surface area contributed by atoms with Gasteiger partial charge in [0, 0.05) is 32.3 Å². The van der Waals surface area contributed by atoms with Gasteiger partial charge >= 0.3 is 0 Å². The van der Waals surface area contributed by atoms with Crippen LogP contribution in [0.4, 0.5) is 0 Å².